The monoisotopic (exact) mass is 419 g/mol. The Kier molecular flexibility index (Phi) is 4.85. The number of carbonyl (C=O) groups excluding carboxylic acids is 1. The van der Waals surface area contributed by atoms with Crippen molar-refractivity contribution in [1.29, 1.82) is 0 Å². The van der Waals surface area contributed by atoms with Crippen LogP contribution in [0.5, 0.6) is 5.75 Å². The average Bonchev–Trinajstić information content (AvgIpc) is 3.49. The summed E-state index contributed by atoms with van der Waals surface area (Å²) in [6.45, 7) is 1.26. The van der Waals surface area contributed by atoms with Gasteiger partial charge in [0.15, 0.2) is 5.69 Å². The van der Waals surface area contributed by atoms with E-state index in [0.29, 0.717) is 24.9 Å². The first-order valence-corrected chi connectivity index (χ1v) is 10.2. The molecule has 0 spiro atoms. The molecule has 0 unspecified atom stereocenters. The highest BCUT2D eigenvalue weighted by Crippen LogP contribution is 2.40. The highest BCUT2D eigenvalue weighted by Gasteiger charge is 2.43. The minimum atomic E-state index is -1.14. The second-order valence-corrected chi connectivity index (χ2v) is 7.99. The van der Waals surface area contributed by atoms with E-state index < -0.39 is 5.97 Å². The molecular formula is C22H21N5O4. The van der Waals surface area contributed by atoms with Crippen LogP contribution in [-0.2, 0) is 0 Å². The Hall–Kier alpha value is -3.75. The van der Waals surface area contributed by atoms with Crippen LogP contribution in [0.4, 0.5) is 4.79 Å². The molecular weight excluding hydrogens is 398 g/mol. The predicted octanol–water partition coefficient (Wildman–Crippen LogP) is 2.80. The Balaban J connectivity index is 1.20. The van der Waals surface area contributed by atoms with E-state index in [1.807, 2.05) is 30.3 Å². The number of likely N-dealkylation sites (tertiary alicyclic amines) is 1. The number of hydrogen-bond donors (Lipinski definition) is 1. The van der Waals surface area contributed by atoms with Gasteiger partial charge in [0.05, 0.1) is 11.8 Å². The van der Waals surface area contributed by atoms with E-state index in [-0.39, 0.29) is 17.8 Å². The van der Waals surface area contributed by atoms with Crippen LogP contribution in [0.15, 0.2) is 55.1 Å². The van der Waals surface area contributed by atoms with Gasteiger partial charge in [0.2, 0.25) is 0 Å². The quantitative estimate of drug-likeness (QED) is 0.692. The second-order valence-electron chi connectivity index (χ2n) is 7.99. The van der Waals surface area contributed by atoms with Gasteiger partial charge in [-0.25, -0.2) is 19.6 Å². The number of carbonyl (C=O) groups is 2. The highest BCUT2D eigenvalue weighted by atomic mass is 16.5. The van der Waals surface area contributed by atoms with Gasteiger partial charge in [0, 0.05) is 31.0 Å². The van der Waals surface area contributed by atoms with Crippen LogP contribution in [-0.4, -0.2) is 60.9 Å². The second kappa shape index (κ2) is 7.82. The molecule has 1 aliphatic heterocycles. The molecule has 2 fully saturated rings. The minimum Gasteiger partial charge on any atom is -0.490 e. The summed E-state index contributed by atoms with van der Waals surface area (Å²) in [6.07, 6.45) is 6.51. The van der Waals surface area contributed by atoms with Crippen LogP contribution in [0, 0.1) is 11.8 Å². The number of carboxylic acid groups (broad SMARTS) is 1. The zero-order chi connectivity index (χ0) is 21.4. The van der Waals surface area contributed by atoms with E-state index in [2.05, 4.69) is 15.1 Å². The Labute approximate surface area is 178 Å². The molecule has 2 aliphatic rings. The fourth-order valence-electron chi connectivity index (χ4n) is 4.57. The molecule has 5 rings (SSSR count). The van der Waals surface area contributed by atoms with E-state index in [0.717, 1.165) is 34.5 Å². The van der Waals surface area contributed by atoms with E-state index in [1.54, 1.807) is 11.1 Å². The summed E-state index contributed by atoms with van der Waals surface area (Å²) in [4.78, 5) is 33.6. The number of nitrogens with zero attached hydrogens (tertiary/aromatic N) is 5. The Bertz CT molecular complexity index is 1100. The van der Waals surface area contributed by atoms with Crippen LogP contribution in [0.1, 0.15) is 23.3 Å². The lowest BCUT2D eigenvalue weighted by molar-refractivity contribution is 0.0690. The SMILES string of the molecule is O=C(O)c1ccn(C(=O)N2C[C@H]3C[C@H](Oc4cccc(-c5ccncn5)c4)C[C@H]3C2)n1. The number of amides is 1. The lowest BCUT2D eigenvalue weighted by Crippen LogP contribution is -2.34. The van der Waals surface area contributed by atoms with Gasteiger partial charge in [-0.2, -0.15) is 9.78 Å². The standard InChI is InChI=1S/C22H21N5O4/c28-21(29)20-5-7-27(25-20)22(30)26-11-15-9-18(10-16(15)12-26)31-17-3-1-2-14(8-17)19-4-6-23-13-24-19/h1-8,13,15-16,18H,9-12H2,(H,28,29)/t15-,16+,18+. The predicted molar refractivity (Wildman–Crippen MR) is 110 cm³/mol. The zero-order valence-corrected chi connectivity index (χ0v) is 16.7. The van der Waals surface area contributed by atoms with Gasteiger partial charge in [-0.15, -0.1) is 0 Å². The van der Waals surface area contributed by atoms with Crippen molar-refractivity contribution in [2.75, 3.05) is 13.1 Å². The smallest absolute Gasteiger partial charge is 0.356 e. The van der Waals surface area contributed by atoms with Gasteiger partial charge in [-0.3, -0.25) is 0 Å². The summed E-state index contributed by atoms with van der Waals surface area (Å²) in [5.74, 6) is 0.405. The number of fused-ring (bicyclic) bond motifs is 1. The van der Waals surface area contributed by atoms with Gasteiger partial charge in [0.25, 0.3) is 0 Å². The number of aromatic carboxylic acids is 1. The van der Waals surface area contributed by atoms with E-state index >= 15 is 0 Å². The lowest BCUT2D eigenvalue weighted by Gasteiger charge is -2.20. The summed E-state index contributed by atoms with van der Waals surface area (Å²) >= 11 is 0. The fourth-order valence-corrected chi connectivity index (χ4v) is 4.57. The third kappa shape index (κ3) is 3.86. The zero-order valence-electron chi connectivity index (χ0n) is 16.7. The number of rotatable bonds is 4. The molecule has 0 radical (unpaired) electrons. The van der Waals surface area contributed by atoms with Gasteiger partial charge >= 0.3 is 12.0 Å². The minimum absolute atomic E-state index is 0.108. The van der Waals surface area contributed by atoms with Crippen LogP contribution < -0.4 is 4.74 Å². The largest absolute Gasteiger partial charge is 0.490 e. The highest BCUT2D eigenvalue weighted by molar-refractivity contribution is 5.86. The van der Waals surface area contributed by atoms with Crippen molar-refractivity contribution in [2.45, 2.75) is 18.9 Å². The first kappa shape index (κ1) is 19.2. The maximum atomic E-state index is 12.7. The van der Waals surface area contributed by atoms with Gasteiger partial charge in [-0.05, 0) is 48.9 Å². The number of ether oxygens (including phenoxy) is 1. The third-order valence-corrected chi connectivity index (χ3v) is 6.00. The summed E-state index contributed by atoms with van der Waals surface area (Å²) in [7, 11) is 0. The van der Waals surface area contributed by atoms with Crippen molar-refractivity contribution in [3.63, 3.8) is 0 Å². The molecule has 31 heavy (non-hydrogen) atoms. The summed E-state index contributed by atoms with van der Waals surface area (Å²) in [5, 5.41) is 12.8. The molecule has 1 saturated heterocycles. The Morgan fingerprint density at radius 3 is 2.58 bits per heavy atom. The van der Waals surface area contributed by atoms with E-state index in [9.17, 15) is 9.59 Å². The van der Waals surface area contributed by atoms with Crippen LogP contribution in [0.3, 0.4) is 0 Å². The van der Waals surface area contributed by atoms with Gasteiger partial charge in [0.1, 0.15) is 12.1 Å². The molecule has 3 atom stereocenters. The molecule has 3 heterocycles. The molecule has 158 valence electrons. The number of hydrogen-bond acceptors (Lipinski definition) is 6. The average molecular weight is 419 g/mol. The van der Waals surface area contributed by atoms with E-state index in [4.69, 9.17) is 9.84 Å². The van der Waals surface area contributed by atoms with Crippen LogP contribution in [0.2, 0.25) is 0 Å². The fraction of sp³-hybridized carbons (Fsp3) is 0.318. The number of benzene rings is 1. The van der Waals surface area contributed by atoms with Crippen molar-refractivity contribution >= 4 is 12.0 Å². The maximum absolute atomic E-state index is 12.7. The topological polar surface area (TPSA) is 110 Å². The third-order valence-electron chi connectivity index (χ3n) is 6.00. The molecule has 1 saturated carbocycles. The molecule has 1 N–H and O–H groups in total. The van der Waals surface area contributed by atoms with Gasteiger partial charge in [-0.1, -0.05) is 12.1 Å². The Morgan fingerprint density at radius 1 is 1.10 bits per heavy atom. The molecule has 0 bridgehead atoms. The number of carboxylic acids is 1. The van der Waals surface area contributed by atoms with Crippen molar-refractivity contribution in [3.8, 4) is 17.0 Å². The summed E-state index contributed by atoms with van der Waals surface area (Å²) in [6, 6.07) is 10.8. The molecule has 3 aromatic rings. The van der Waals surface area contributed by atoms with Crippen molar-refractivity contribution in [2.24, 2.45) is 11.8 Å². The lowest BCUT2D eigenvalue weighted by atomic mass is 10.0. The van der Waals surface area contributed by atoms with Crippen molar-refractivity contribution in [1.82, 2.24) is 24.6 Å². The maximum Gasteiger partial charge on any atom is 0.356 e. The Morgan fingerprint density at radius 2 is 1.90 bits per heavy atom. The van der Waals surface area contributed by atoms with Gasteiger partial charge < -0.3 is 14.7 Å². The number of aromatic nitrogens is 4. The molecule has 2 aromatic heterocycles. The summed E-state index contributed by atoms with van der Waals surface area (Å²) in [5.41, 5.74) is 1.70. The molecule has 9 heteroatoms. The van der Waals surface area contributed by atoms with E-state index in [1.165, 1.54) is 18.6 Å². The normalized spacial score (nSPS) is 22.3. The molecule has 9 nitrogen and oxygen atoms in total. The molecule has 1 amide bonds. The van der Waals surface area contributed by atoms with Crippen LogP contribution in [0.25, 0.3) is 11.3 Å². The molecule has 1 aliphatic carbocycles. The summed E-state index contributed by atoms with van der Waals surface area (Å²) < 4.78 is 7.36. The first-order chi connectivity index (χ1) is 15.1. The van der Waals surface area contributed by atoms with Crippen molar-refractivity contribution in [3.05, 3.63) is 60.8 Å². The van der Waals surface area contributed by atoms with Crippen LogP contribution >= 0.6 is 0 Å². The first-order valence-electron chi connectivity index (χ1n) is 10.2. The van der Waals surface area contributed by atoms with Crippen molar-refractivity contribution < 1.29 is 19.4 Å². The molecule has 1 aromatic carbocycles.